The summed E-state index contributed by atoms with van der Waals surface area (Å²) in [6.07, 6.45) is 0. The molecule has 0 N–H and O–H groups in total. The van der Waals surface area contributed by atoms with Crippen molar-refractivity contribution in [2.45, 2.75) is 13.5 Å². The number of likely N-dealkylation sites (N-methyl/N-ethyl adjacent to an activating group) is 1. The number of anilines is 1. The zero-order valence-corrected chi connectivity index (χ0v) is 17.7. The summed E-state index contributed by atoms with van der Waals surface area (Å²) in [6, 6.07) is 12.6. The van der Waals surface area contributed by atoms with Crippen LogP contribution in [-0.4, -0.2) is 44.5 Å². The number of thiophene rings is 1. The lowest BCUT2D eigenvalue weighted by Gasteiger charge is -2.18. The van der Waals surface area contributed by atoms with Crippen molar-refractivity contribution in [1.29, 1.82) is 0 Å². The smallest absolute Gasteiger partial charge is 0.349 e. The molecule has 1 amide bonds. The number of halogens is 1. The first-order valence-corrected chi connectivity index (χ1v) is 9.94. The summed E-state index contributed by atoms with van der Waals surface area (Å²) in [4.78, 5) is 28.6. The van der Waals surface area contributed by atoms with Gasteiger partial charge in [-0.25, -0.2) is 9.18 Å². The summed E-state index contributed by atoms with van der Waals surface area (Å²) in [5.41, 5.74) is 2.59. The van der Waals surface area contributed by atoms with Crippen molar-refractivity contribution in [1.82, 2.24) is 4.90 Å². The van der Waals surface area contributed by atoms with Crippen LogP contribution in [0.15, 0.2) is 42.5 Å². The first-order valence-electron chi connectivity index (χ1n) is 9.13. The first-order chi connectivity index (χ1) is 13.8. The van der Waals surface area contributed by atoms with Gasteiger partial charge in [-0.15, -0.1) is 11.3 Å². The van der Waals surface area contributed by atoms with E-state index < -0.39 is 5.97 Å². The molecule has 3 aromatic rings. The van der Waals surface area contributed by atoms with Crippen LogP contribution in [0.2, 0.25) is 0 Å². The Kier molecular flexibility index (Phi) is 6.17. The van der Waals surface area contributed by atoms with Gasteiger partial charge < -0.3 is 14.5 Å². The van der Waals surface area contributed by atoms with Gasteiger partial charge in [-0.05, 0) is 42.3 Å². The van der Waals surface area contributed by atoms with Crippen LogP contribution < -0.4 is 4.90 Å². The van der Waals surface area contributed by atoms with Gasteiger partial charge in [-0.1, -0.05) is 18.2 Å². The maximum Gasteiger partial charge on any atom is 0.349 e. The highest BCUT2D eigenvalue weighted by molar-refractivity contribution is 7.21. The van der Waals surface area contributed by atoms with Gasteiger partial charge in [0.2, 0.25) is 0 Å². The maximum atomic E-state index is 14.0. The molecular formula is C22H23FN2O3S. The number of benzene rings is 2. The van der Waals surface area contributed by atoms with Gasteiger partial charge in [0.25, 0.3) is 5.91 Å². The Morgan fingerprint density at radius 2 is 1.76 bits per heavy atom. The van der Waals surface area contributed by atoms with Crippen molar-refractivity contribution < 1.29 is 18.7 Å². The summed E-state index contributed by atoms with van der Waals surface area (Å²) in [5.74, 6) is -1.29. The lowest BCUT2D eigenvalue weighted by atomic mass is 10.1. The number of carbonyl (C=O) groups excluding carboxylic acids is 2. The van der Waals surface area contributed by atoms with E-state index in [2.05, 4.69) is 0 Å². The minimum absolute atomic E-state index is 0.306. The van der Waals surface area contributed by atoms with E-state index in [0.29, 0.717) is 27.1 Å². The van der Waals surface area contributed by atoms with Crippen LogP contribution in [-0.2, 0) is 16.1 Å². The molecule has 0 aliphatic rings. The van der Waals surface area contributed by atoms with E-state index in [9.17, 15) is 14.0 Å². The van der Waals surface area contributed by atoms with Crippen molar-refractivity contribution in [3.63, 3.8) is 0 Å². The monoisotopic (exact) mass is 414 g/mol. The fourth-order valence-electron chi connectivity index (χ4n) is 3.01. The molecule has 3 rings (SSSR count). The molecule has 0 unspecified atom stereocenters. The Morgan fingerprint density at radius 3 is 2.38 bits per heavy atom. The molecular weight excluding hydrogens is 391 g/mol. The van der Waals surface area contributed by atoms with Gasteiger partial charge in [0, 0.05) is 43.5 Å². The van der Waals surface area contributed by atoms with Gasteiger partial charge in [-0.2, -0.15) is 0 Å². The third kappa shape index (κ3) is 4.56. The van der Waals surface area contributed by atoms with E-state index >= 15 is 0 Å². The molecule has 29 heavy (non-hydrogen) atoms. The zero-order chi connectivity index (χ0) is 21.1. The minimum Gasteiger partial charge on any atom is -0.451 e. The molecule has 0 aliphatic carbocycles. The molecule has 0 saturated carbocycles. The predicted molar refractivity (Wildman–Crippen MR) is 114 cm³/mol. The summed E-state index contributed by atoms with van der Waals surface area (Å²) < 4.78 is 19.9. The average Bonchev–Trinajstić information content (AvgIpc) is 3.04. The van der Waals surface area contributed by atoms with Crippen molar-refractivity contribution >= 4 is 39.0 Å². The van der Waals surface area contributed by atoms with Crippen molar-refractivity contribution in [3.8, 4) is 0 Å². The predicted octanol–water partition coefficient (Wildman–Crippen LogP) is 4.23. The van der Waals surface area contributed by atoms with Gasteiger partial charge in [0.05, 0.1) is 0 Å². The molecule has 0 radical (unpaired) electrons. The number of amides is 1. The second-order valence-electron chi connectivity index (χ2n) is 7.06. The molecule has 1 heterocycles. The summed E-state index contributed by atoms with van der Waals surface area (Å²) in [5, 5.41) is 0.425. The summed E-state index contributed by atoms with van der Waals surface area (Å²) in [7, 11) is 5.59. The number of fused-ring (bicyclic) bond motifs is 1. The number of rotatable bonds is 6. The number of nitrogens with zero attached hydrogens (tertiary/aromatic N) is 2. The number of hydrogen-bond donors (Lipinski definition) is 0. The van der Waals surface area contributed by atoms with Crippen molar-refractivity contribution in [2.24, 2.45) is 0 Å². The Labute approximate surface area is 173 Å². The second-order valence-corrected chi connectivity index (χ2v) is 8.11. The SMILES string of the molecule is Cc1c(C(=O)OCC(=O)N(C)Cc2ccc(N(C)C)cc2)sc2cccc(F)c12. The van der Waals surface area contributed by atoms with Crippen molar-refractivity contribution in [3.05, 3.63) is 64.3 Å². The molecule has 0 atom stereocenters. The minimum atomic E-state index is -0.611. The maximum absolute atomic E-state index is 14.0. The Hall–Kier alpha value is -2.93. The Morgan fingerprint density at radius 1 is 1.07 bits per heavy atom. The highest BCUT2D eigenvalue weighted by Gasteiger charge is 2.20. The Bertz CT molecular complexity index is 1040. The molecule has 152 valence electrons. The molecule has 0 bridgehead atoms. The largest absolute Gasteiger partial charge is 0.451 e. The van der Waals surface area contributed by atoms with Crippen LogP contribution in [0.25, 0.3) is 10.1 Å². The van der Waals surface area contributed by atoms with E-state index in [0.717, 1.165) is 11.3 Å². The number of carbonyl (C=O) groups is 2. The van der Waals surface area contributed by atoms with E-state index in [-0.39, 0.29) is 18.3 Å². The molecule has 0 fully saturated rings. The van der Waals surface area contributed by atoms with Crippen LogP contribution in [0.5, 0.6) is 0 Å². The molecule has 0 saturated heterocycles. The fourth-order valence-corrected chi connectivity index (χ4v) is 4.13. The Balaban J connectivity index is 1.60. The zero-order valence-electron chi connectivity index (χ0n) is 16.9. The number of ether oxygens (including phenoxy) is 1. The van der Waals surface area contributed by atoms with Crippen molar-refractivity contribution in [2.75, 3.05) is 32.6 Å². The highest BCUT2D eigenvalue weighted by atomic mass is 32.1. The molecule has 0 aliphatic heterocycles. The lowest BCUT2D eigenvalue weighted by Crippen LogP contribution is -2.30. The van der Waals surface area contributed by atoms with Crippen LogP contribution in [0.1, 0.15) is 20.8 Å². The third-order valence-electron chi connectivity index (χ3n) is 4.71. The normalized spacial score (nSPS) is 10.8. The second kappa shape index (κ2) is 8.61. The number of hydrogen-bond acceptors (Lipinski definition) is 5. The van der Waals surface area contributed by atoms with E-state index in [4.69, 9.17) is 4.74 Å². The molecule has 7 heteroatoms. The number of esters is 1. The quantitative estimate of drug-likeness (QED) is 0.567. The van der Waals surface area contributed by atoms with Crippen LogP contribution in [0.4, 0.5) is 10.1 Å². The number of aryl methyl sites for hydroxylation is 1. The van der Waals surface area contributed by atoms with Crippen LogP contribution in [0.3, 0.4) is 0 Å². The fraction of sp³-hybridized carbons (Fsp3) is 0.273. The third-order valence-corrected chi connectivity index (χ3v) is 5.95. The summed E-state index contributed by atoms with van der Waals surface area (Å²) in [6.45, 7) is 1.74. The topological polar surface area (TPSA) is 49.9 Å². The highest BCUT2D eigenvalue weighted by Crippen LogP contribution is 2.33. The molecule has 5 nitrogen and oxygen atoms in total. The lowest BCUT2D eigenvalue weighted by molar-refractivity contribution is -0.133. The van der Waals surface area contributed by atoms with E-state index in [1.54, 1.807) is 26.1 Å². The molecule has 0 spiro atoms. The van der Waals surface area contributed by atoms with Gasteiger partial charge in [0.15, 0.2) is 6.61 Å². The standard InChI is InChI=1S/C22H23FN2O3S/c1-14-20-17(23)6-5-7-18(20)29-21(14)22(27)28-13-19(26)25(4)12-15-8-10-16(11-9-15)24(2)3/h5-11H,12-13H2,1-4H3. The van der Waals surface area contributed by atoms with Crippen LogP contribution >= 0.6 is 11.3 Å². The van der Waals surface area contributed by atoms with Gasteiger partial charge in [0.1, 0.15) is 10.7 Å². The first kappa shape index (κ1) is 20.8. The van der Waals surface area contributed by atoms with E-state index in [1.165, 1.54) is 22.3 Å². The van der Waals surface area contributed by atoms with Gasteiger partial charge in [-0.3, -0.25) is 4.79 Å². The summed E-state index contributed by atoms with van der Waals surface area (Å²) >= 11 is 1.17. The van der Waals surface area contributed by atoms with Gasteiger partial charge >= 0.3 is 5.97 Å². The van der Waals surface area contributed by atoms with Crippen LogP contribution in [0, 0.1) is 12.7 Å². The average molecular weight is 415 g/mol. The molecule has 2 aromatic carbocycles. The molecule has 1 aromatic heterocycles. The van der Waals surface area contributed by atoms with E-state index in [1.807, 2.05) is 43.3 Å².